The first kappa shape index (κ1) is 27.6. The van der Waals surface area contributed by atoms with Crippen LogP contribution in [0.25, 0.3) is 16.7 Å². The van der Waals surface area contributed by atoms with Crippen LogP contribution in [0.4, 0.5) is 43.7 Å². The molecule has 16 heteroatoms. The van der Waals surface area contributed by atoms with Crippen molar-refractivity contribution < 1.29 is 36.6 Å². The van der Waals surface area contributed by atoms with Crippen molar-refractivity contribution in [2.24, 2.45) is 5.92 Å². The zero-order valence-electron chi connectivity index (χ0n) is 22.1. The van der Waals surface area contributed by atoms with Crippen molar-refractivity contribution in [1.29, 1.82) is 5.26 Å². The smallest absolute Gasteiger partial charge is 0.390 e. The van der Waals surface area contributed by atoms with E-state index in [4.69, 9.17) is 0 Å². The largest absolute Gasteiger partial charge is 0.433 e. The minimum Gasteiger partial charge on any atom is -0.390 e. The number of nitrogens with zero attached hydrogens (tertiary/aromatic N) is 6. The molecule has 4 N–H and O–H groups in total. The zero-order valence-corrected chi connectivity index (χ0v) is 22.1. The van der Waals surface area contributed by atoms with Crippen LogP contribution in [0.5, 0.6) is 0 Å². The molecule has 4 aromatic heterocycles. The summed E-state index contributed by atoms with van der Waals surface area (Å²) in [5.41, 5.74) is -6.41. The van der Waals surface area contributed by atoms with Gasteiger partial charge >= 0.3 is 12.4 Å². The summed E-state index contributed by atoms with van der Waals surface area (Å²) in [6.07, 6.45) is -6.08. The molecule has 0 radical (unpaired) electrons. The van der Waals surface area contributed by atoms with Gasteiger partial charge in [0.15, 0.2) is 17.0 Å². The van der Waals surface area contributed by atoms with Crippen molar-refractivity contribution in [1.82, 2.24) is 24.6 Å². The van der Waals surface area contributed by atoms with Crippen LogP contribution in [-0.4, -0.2) is 51.5 Å². The van der Waals surface area contributed by atoms with Gasteiger partial charge in [-0.1, -0.05) is 0 Å². The van der Waals surface area contributed by atoms with E-state index in [1.807, 2.05) is 6.07 Å². The quantitative estimate of drug-likeness (QED) is 0.238. The molecule has 4 aliphatic carbocycles. The molecular formula is C27H22F6N8O2. The summed E-state index contributed by atoms with van der Waals surface area (Å²) < 4.78 is 82.3. The Balaban J connectivity index is 1.30. The molecule has 4 saturated carbocycles. The van der Waals surface area contributed by atoms with E-state index in [1.54, 1.807) is 0 Å². The first-order valence-corrected chi connectivity index (χ1v) is 13.3. The molecule has 4 fully saturated rings. The van der Waals surface area contributed by atoms with E-state index >= 15 is 0 Å². The Kier molecular flexibility index (Phi) is 5.56. The highest BCUT2D eigenvalue weighted by atomic mass is 19.4. The van der Waals surface area contributed by atoms with E-state index in [-0.39, 0.29) is 47.1 Å². The minimum atomic E-state index is -5.14. The number of hydrogen-bond donors (Lipinski definition) is 4. The van der Waals surface area contributed by atoms with Crippen LogP contribution in [0, 0.1) is 17.2 Å². The van der Waals surface area contributed by atoms with Crippen LogP contribution in [0.2, 0.25) is 0 Å². The number of fused-ring (bicyclic) bond motifs is 2. The maximum atomic E-state index is 13.6. The third-order valence-corrected chi connectivity index (χ3v) is 8.52. The summed E-state index contributed by atoms with van der Waals surface area (Å²) in [4.78, 5) is 11.5. The fourth-order valence-corrected chi connectivity index (χ4v) is 7.64. The topological polar surface area (TPSA) is 144 Å². The van der Waals surface area contributed by atoms with Crippen LogP contribution in [-0.2, 0) is 12.4 Å². The maximum Gasteiger partial charge on any atom is 0.433 e. The number of hydrogen-bond acceptors (Lipinski definition) is 9. The van der Waals surface area contributed by atoms with Gasteiger partial charge in [-0.05, 0) is 56.2 Å². The first-order valence-electron chi connectivity index (χ1n) is 13.3. The monoisotopic (exact) mass is 604 g/mol. The molecule has 0 saturated heterocycles. The number of imidazole rings is 1. The van der Waals surface area contributed by atoms with Gasteiger partial charge in [0.2, 0.25) is 0 Å². The number of aliphatic hydroxyl groups is 2. The van der Waals surface area contributed by atoms with Crippen LogP contribution in [0.1, 0.15) is 55.5 Å². The predicted molar refractivity (Wildman–Crippen MR) is 138 cm³/mol. The van der Waals surface area contributed by atoms with Crippen LogP contribution >= 0.6 is 0 Å². The third-order valence-electron chi connectivity index (χ3n) is 8.52. The Morgan fingerprint density at radius 3 is 2.28 bits per heavy atom. The molecule has 8 rings (SSSR count). The van der Waals surface area contributed by atoms with E-state index in [9.17, 15) is 41.8 Å². The van der Waals surface area contributed by atoms with Crippen molar-refractivity contribution in [3.05, 3.63) is 47.4 Å². The Bertz CT molecular complexity index is 1830. The summed E-state index contributed by atoms with van der Waals surface area (Å²) in [6, 6.07) is 5.57. The lowest BCUT2D eigenvalue weighted by Gasteiger charge is -2.63. The number of halogens is 6. The van der Waals surface area contributed by atoms with E-state index in [2.05, 4.69) is 30.7 Å². The molecule has 4 heterocycles. The van der Waals surface area contributed by atoms with Gasteiger partial charge in [-0.25, -0.2) is 15.0 Å². The molecule has 224 valence electrons. The van der Waals surface area contributed by atoms with Crippen molar-refractivity contribution in [3.8, 4) is 6.07 Å². The highest BCUT2D eigenvalue weighted by Crippen LogP contribution is 2.60. The standard InChI is InChI=1S/C27H22F6N8O2/c28-26(29,30)16-3-18(27(31,32)33)37-21-15(16)1-2-19(38-21)36-17-4-20(40-41-14(8-34)9-35-22(17)41)39-23-5-13-6-24(42,10-23)12-25(43,7-13)11-23/h1-4,9,13,42-43H,5-7,10-12H2,(H,39,40)(H,36,37,38). The van der Waals surface area contributed by atoms with Gasteiger partial charge in [-0.3, -0.25) is 0 Å². The first-order chi connectivity index (χ1) is 20.1. The molecule has 2 unspecified atom stereocenters. The summed E-state index contributed by atoms with van der Waals surface area (Å²) in [5, 5.41) is 42.0. The molecule has 4 aromatic rings. The van der Waals surface area contributed by atoms with Gasteiger partial charge in [0.25, 0.3) is 0 Å². The number of nitrogens with one attached hydrogen (secondary N) is 2. The lowest BCUT2D eigenvalue weighted by molar-refractivity contribution is -0.200. The van der Waals surface area contributed by atoms with E-state index in [0.29, 0.717) is 32.1 Å². The average Bonchev–Trinajstić information content (AvgIpc) is 3.27. The number of anilines is 3. The van der Waals surface area contributed by atoms with E-state index in [1.165, 1.54) is 16.8 Å². The predicted octanol–water partition coefficient (Wildman–Crippen LogP) is 4.94. The van der Waals surface area contributed by atoms with Crippen molar-refractivity contribution in [2.75, 3.05) is 10.6 Å². The van der Waals surface area contributed by atoms with Crippen molar-refractivity contribution in [2.45, 2.75) is 67.6 Å². The number of nitriles is 1. The van der Waals surface area contributed by atoms with Crippen molar-refractivity contribution >= 4 is 34.0 Å². The number of aromatic nitrogens is 5. The molecule has 0 aromatic carbocycles. The molecule has 0 aliphatic heterocycles. The lowest BCUT2D eigenvalue weighted by atomic mass is 9.49. The molecule has 4 bridgehead atoms. The van der Waals surface area contributed by atoms with Gasteiger partial charge < -0.3 is 20.8 Å². The number of rotatable bonds is 4. The molecule has 2 atom stereocenters. The summed E-state index contributed by atoms with van der Waals surface area (Å²) in [7, 11) is 0. The Labute approximate surface area is 238 Å². The summed E-state index contributed by atoms with van der Waals surface area (Å²) >= 11 is 0. The minimum absolute atomic E-state index is 0.0487. The second-order valence-corrected chi connectivity index (χ2v) is 12.0. The van der Waals surface area contributed by atoms with E-state index < -0.39 is 51.4 Å². The normalized spacial score (nSPS) is 28.4. The molecule has 10 nitrogen and oxygen atoms in total. The Hall–Kier alpha value is -4.23. The van der Waals surface area contributed by atoms with Gasteiger partial charge in [0, 0.05) is 23.4 Å². The number of pyridine rings is 2. The van der Waals surface area contributed by atoms with Gasteiger partial charge in [0.05, 0.1) is 28.6 Å². The Morgan fingerprint density at radius 2 is 1.65 bits per heavy atom. The molecule has 0 spiro atoms. The highest BCUT2D eigenvalue weighted by molar-refractivity contribution is 5.83. The summed E-state index contributed by atoms with van der Waals surface area (Å²) in [5.74, 6) is 0.211. The fourth-order valence-electron chi connectivity index (χ4n) is 7.64. The lowest BCUT2D eigenvalue weighted by Crippen LogP contribution is -2.68. The third kappa shape index (κ3) is 4.67. The van der Waals surface area contributed by atoms with Crippen LogP contribution in [0.15, 0.2) is 30.5 Å². The molecule has 4 aliphatic rings. The average molecular weight is 605 g/mol. The zero-order chi connectivity index (χ0) is 30.6. The SMILES string of the molecule is N#Cc1cnc2c(Nc3ccc4c(C(F)(F)F)cc(C(F)(F)F)nc4n3)cc(NC34CC5CC(O)(CC(O)(C5)C3)C4)nn12. The van der Waals surface area contributed by atoms with Gasteiger partial charge in [-0.15, -0.1) is 5.10 Å². The number of alkyl halides is 6. The van der Waals surface area contributed by atoms with Crippen molar-refractivity contribution in [3.63, 3.8) is 0 Å². The van der Waals surface area contributed by atoms with Crippen LogP contribution < -0.4 is 10.6 Å². The molecular weight excluding hydrogens is 582 g/mol. The summed E-state index contributed by atoms with van der Waals surface area (Å²) in [6.45, 7) is 0. The van der Waals surface area contributed by atoms with Crippen LogP contribution in [0.3, 0.4) is 0 Å². The molecule has 0 amide bonds. The fraction of sp³-hybridized carbons (Fsp3) is 0.444. The maximum absolute atomic E-state index is 13.6. The second-order valence-electron chi connectivity index (χ2n) is 12.0. The highest BCUT2D eigenvalue weighted by Gasteiger charge is 2.63. The van der Waals surface area contributed by atoms with Gasteiger partial charge in [-0.2, -0.15) is 36.1 Å². The molecule has 43 heavy (non-hydrogen) atoms. The second kappa shape index (κ2) is 8.66. The van der Waals surface area contributed by atoms with E-state index in [0.717, 1.165) is 12.1 Å². The Morgan fingerprint density at radius 1 is 0.930 bits per heavy atom. The van der Waals surface area contributed by atoms with Gasteiger partial charge in [0.1, 0.15) is 23.4 Å².